The standard InChI is InChI=1S/C14H12BrClO/c1-9-4-3-5-13(16)14(9)11-8-10(17-2)6-7-12(11)15/h3-8H,1-2H3. The molecular weight excluding hydrogens is 300 g/mol. The van der Waals surface area contributed by atoms with Crippen LogP contribution in [-0.4, -0.2) is 7.11 Å². The maximum atomic E-state index is 6.27. The molecule has 0 heterocycles. The zero-order valence-corrected chi connectivity index (χ0v) is 12.0. The predicted octanol–water partition coefficient (Wildman–Crippen LogP) is 5.09. The van der Waals surface area contributed by atoms with Gasteiger partial charge in [0.05, 0.1) is 7.11 Å². The van der Waals surface area contributed by atoms with E-state index in [0.717, 1.165) is 31.9 Å². The highest BCUT2D eigenvalue weighted by Gasteiger charge is 2.11. The number of rotatable bonds is 2. The van der Waals surface area contributed by atoms with E-state index in [4.69, 9.17) is 16.3 Å². The highest BCUT2D eigenvalue weighted by Crippen LogP contribution is 2.37. The van der Waals surface area contributed by atoms with Gasteiger partial charge in [-0.25, -0.2) is 0 Å². The van der Waals surface area contributed by atoms with Crippen LogP contribution < -0.4 is 4.74 Å². The van der Waals surface area contributed by atoms with E-state index in [2.05, 4.69) is 15.9 Å². The van der Waals surface area contributed by atoms with Gasteiger partial charge < -0.3 is 4.74 Å². The van der Waals surface area contributed by atoms with Gasteiger partial charge in [-0.1, -0.05) is 39.7 Å². The van der Waals surface area contributed by atoms with Gasteiger partial charge in [0.1, 0.15) is 5.75 Å². The van der Waals surface area contributed by atoms with Crippen molar-refractivity contribution in [3.63, 3.8) is 0 Å². The smallest absolute Gasteiger partial charge is 0.119 e. The largest absolute Gasteiger partial charge is 0.497 e. The maximum absolute atomic E-state index is 6.27. The van der Waals surface area contributed by atoms with Crippen LogP contribution in [0.4, 0.5) is 0 Å². The predicted molar refractivity (Wildman–Crippen MR) is 75.9 cm³/mol. The van der Waals surface area contributed by atoms with Gasteiger partial charge in [0.15, 0.2) is 0 Å². The van der Waals surface area contributed by atoms with Crippen LogP contribution >= 0.6 is 27.5 Å². The first-order valence-electron chi connectivity index (χ1n) is 5.22. The maximum Gasteiger partial charge on any atom is 0.119 e. The minimum atomic E-state index is 0.749. The van der Waals surface area contributed by atoms with Gasteiger partial charge in [0, 0.05) is 20.6 Å². The Bertz CT molecular complexity index is 532. The van der Waals surface area contributed by atoms with Crippen molar-refractivity contribution in [3.8, 4) is 16.9 Å². The summed E-state index contributed by atoms with van der Waals surface area (Å²) in [6.07, 6.45) is 0. The summed E-state index contributed by atoms with van der Waals surface area (Å²) in [5.41, 5.74) is 3.24. The van der Waals surface area contributed by atoms with E-state index in [-0.39, 0.29) is 0 Å². The second-order valence-corrected chi connectivity index (χ2v) is 5.04. The van der Waals surface area contributed by atoms with Crippen LogP contribution in [-0.2, 0) is 0 Å². The van der Waals surface area contributed by atoms with E-state index in [1.807, 2.05) is 43.3 Å². The summed E-state index contributed by atoms with van der Waals surface area (Å²) in [6.45, 7) is 2.05. The first-order chi connectivity index (χ1) is 8.13. The van der Waals surface area contributed by atoms with Gasteiger partial charge >= 0.3 is 0 Å². The second-order valence-electron chi connectivity index (χ2n) is 3.78. The molecule has 0 bridgehead atoms. The third kappa shape index (κ3) is 2.48. The first kappa shape index (κ1) is 12.5. The Hall–Kier alpha value is -0.990. The van der Waals surface area contributed by atoms with Crippen LogP contribution in [0.25, 0.3) is 11.1 Å². The zero-order chi connectivity index (χ0) is 12.4. The van der Waals surface area contributed by atoms with E-state index in [9.17, 15) is 0 Å². The average molecular weight is 312 g/mol. The third-order valence-electron chi connectivity index (χ3n) is 2.66. The van der Waals surface area contributed by atoms with Crippen molar-refractivity contribution in [1.29, 1.82) is 0 Å². The molecule has 0 aliphatic heterocycles. The van der Waals surface area contributed by atoms with Crippen molar-refractivity contribution in [2.45, 2.75) is 6.92 Å². The molecule has 0 fully saturated rings. The van der Waals surface area contributed by atoms with E-state index in [1.165, 1.54) is 0 Å². The van der Waals surface area contributed by atoms with Crippen molar-refractivity contribution in [2.75, 3.05) is 7.11 Å². The molecule has 0 aliphatic carbocycles. The number of hydrogen-bond donors (Lipinski definition) is 0. The van der Waals surface area contributed by atoms with E-state index in [1.54, 1.807) is 7.11 Å². The molecule has 0 aliphatic rings. The molecule has 0 amide bonds. The van der Waals surface area contributed by atoms with Crippen molar-refractivity contribution in [3.05, 3.63) is 51.5 Å². The molecule has 2 aromatic rings. The fourth-order valence-electron chi connectivity index (χ4n) is 1.80. The first-order valence-corrected chi connectivity index (χ1v) is 6.39. The Balaban J connectivity index is 2.67. The Morgan fingerprint density at radius 1 is 1.18 bits per heavy atom. The summed E-state index contributed by atoms with van der Waals surface area (Å²) in [4.78, 5) is 0. The lowest BCUT2D eigenvalue weighted by Crippen LogP contribution is -1.89. The third-order valence-corrected chi connectivity index (χ3v) is 3.67. The topological polar surface area (TPSA) is 9.23 Å². The second kappa shape index (κ2) is 5.11. The molecule has 0 spiro atoms. The number of ether oxygens (including phenoxy) is 1. The van der Waals surface area contributed by atoms with Gasteiger partial charge in [-0.2, -0.15) is 0 Å². The summed E-state index contributed by atoms with van der Waals surface area (Å²) in [7, 11) is 1.66. The summed E-state index contributed by atoms with van der Waals surface area (Å²) in [5, 5.41) is 0.749. The lowest BCUT2D eigenvalue weighted by molar-refractivity contribution is 0.415. The number of halogens is 2. The average Bonchev–Trinajstić information content (AvgIpc) is 2.31. The van der Waals surface area contributed by atoms with Gasteiger partial charge in [-0.15, -0.1) is 0 Å². The monoisotopic (exact) mass is 310 g/mol. The molecule has 0 N–H and O–H groups in total. The van der Waals surface area contributed by atoms with Crippen molar-refractivity contribution < 1.29 is 4.74 Å². The molecule has 88 valence electrons. The number of methoxy groups -OCH3 is 1. The molecule has 1 nitrogen and oxygen atoms in total. The summed E-state index contributed by atoms with van der Waals surface area (Å²) < 4.78 is 6.26. The molecule has 17 heavy (non-hydrogen) atoms. The Morgan fingerprint density at radius 3 is 2.59 bits per heavy atom. The summed E-state index contributed by atoms with van der Waals surface area (Å²) in [5.74, 6) is 0.822. The van der Waals surface area contributed by atoms with Crippen LogP contribution in [0.1, 0.15) is 5.56 Å². The Morgan fingerprint density at radius 2 is 1.94 bits per heavy atom. The molecule has 0 atom stereocenters. The molecule has 0 aromatic heterocycles. The SMILES string of the molecule is COc1ccc(Br)c(-c2c(C)cccc2Cl)c1. The zero-order valence-electron chi connectivity index (χ0n) is 9.63. The van der Waals surface area contributed by atoms with Gasteiger partial charge in [-0.3, -0.25) is 0 Å². The van der Waals surface area contributed by atoms with Crippen molar-refractivity contribution in [2.24, 2.45) is 0 Å². The molecule has 2 rings (SSSR count). The summed E-state index contributed by atoms with van der Waals surface area (Å²) in [6, 6.07) is 11.8. The Kier molecular flexibility index (Phi) is 3.75. The molecular formula is C14H12BrClO. The van der Waals surface area contributed by atoms with Crippen LogP contribution in [0.3, 0.4) is 0 Å². The number of hydrogen-bond acceptors (Lipinski definition) is 1. The molecule has 0 saturated heterocycles. The van der Waals surface area contributed by atoms with Crippen LogP contribution in [0.5, 0.6) is 5.75 Å². The van der Waals surface area contributed by atoms with E-state index in [0.29, 0.717) is 0 Å². The minimum Gasteiger partial charge on any atom is -0.497 e. The van der Waals surface area contributed by atoms with Crippen molar-refractivity contribution in [1.82, 2.24) is 0 Å². The highest BCUT2D eigenvalue weighted by atomic mass is 79.9. The number of benzene rings is 2. The van der Waals surface area contributed by atoms with E-state index >= 15 is 0 Å². The van der Waals surface area contributed by atoms with Crippen LogP contribution in [0.15, 0.2) is 40.9 Å². The fourth-order valence-corrected chi connectivity index (χ4v) is 2.56. The fraction of sp³-hybridized carbons (Fsp3) is 0.143. The van der Waals surface area contributed by atoms with Crippen molar-refractivity contribution >= 4 is 27.5 Å². The molecule has 0 radical (unpaired) electrons. The molecule has 3 heteroatoms. The highest BCUT2D eigenvalue weighted by molar-refractivity contribution is 9.10. The van der Waals surface area contributed by atoms with Gasteiger partial charge in [-0.05, 0) is 36.8 Å². The lowest BCUT2D eigenvalue weighted by atomic mass is 10.0. The molecule has 0 unspecified atom stereocenters. The van der Waals surface area contributed by atoms with Crippen LogP contribution in [0, 0.1) is 6.92 Å². The van der Waals surface area contributed by atoms with E-state index < -0.39 is 0 Å². The van der Waals surface area contributed by atoms with Gasteiger partial charge in [0.2, 0.25) is 0 Å². The summed E-state index contributed by atoms with van der Waals surface area (Å²) >= 11 is 9.82. The lowest BCUT2D eigenvalue weighted by Gasteiger charge is -2.12. The van der Waals surface area contributed by atoms with Crippen LogP contribution in [0.2, 0.25) is 5.02 Å². The molecule has 0 saturated carbocycles. The normalized spacial score (nSPS) is 10.4. The van der Waals surface area contributed by atoms with Gasteiger partial charge in [0.25, 0.3) is 0 Å². The quantitative estimate of drug-likeness (QED) is 0.751. The molecule has 2 aromatic carbocycles. The minimum absolute atomic E-state index is 0.749. The number of aryl methyl sites for hydroxylation is 1. The Labute approximate surface area is 115 Å².